The van der Waals surface area contributed by atoms with Crippen molar-refractivity contribution in [2.75, 3.05) is 6.61 Å². The summed E-state index contributed by atoms with van der Waals surface area (Å²) in [5, 5.41) is 0. The van der Waals surface area contributed by atoms with Gasteiger partial charge in [-0.3, -0.25) is 4.99 Å². The van der Waals surface area contributed by atoms with Gasteiger partial charge in [-0.2, -0.15) is 0 Å². The third kappa shape index (κ3) is 3.12. The topological polar surface area (TPSA) is 21.6 Å². The fraction of sp³-hybridized carbons (Fsp3) is 0.476. The van der Waals surface area contributed by atoms with Gasteiger partial charge in [-0.1, -0.05) is 49.2 Å². The average molecular weight is 309 g/mol. The average Bonchev–Trinajstić information content (AvgIpc) is 2.88. The molecule has 0 bridgehead atoms. The van der Waals surface area contributed by atoms with Crippen molar-refractivity contribution in [3.05, 3.63) is 60.4 Å². The minimum absolute atomic E-state index is 0.124. The van der Waals surface area contributed by atoms with Crippen molar-refractivity contribution in [1.82, 2.24) is 0 Å². The van der Waals surface area contributed by atoms with Crippen molar-refractivity contribution in [3.63, 3.8) is 0 Å². The summed E-state index contributed by atoms with van der Waals surface area (Å²) >= 11 is 0. The number of benzene rings is 1. The van der Waals surface area contributed by atoms with Crippen LogP contribution in [-0.4, -0.2) is 12.3 Å². The van der Waals surface area contributed by atoms with Gasteiger partial charge in [0.25, 0.3) is 0 Å². The van der Waals surface area contributed by atoms with Crippen LogP contribution in [0.4, 0.5) is 0 Å². The van der Waals surface area contributed by atoms with Gasteiger partial charge < -0.3 is 4.74 Å². The lowest BCUT2D eigenvalue weighted by molar-refractivity contribution is 0.122. The number of hydrogen-bond donors (Lipinski definition) is 0. The molecule has 0 unspecified atom stereocenters. The van der Waals surface area contributed by atoms with Crippen LogP contribution in [-0.2, 0) is 11.3 Å². The van der Waals surface area contributed by atoms with Gasteiger partial charge in [0.2, 0.25) is 0 Å². The molecule has 0 spiro atoms. The van der Waals surface area contributed by atoms with Crippen LogP contribution in [0.1, 0.15) is 44.6 Å². The fourth-order valence-corrected chi connectivity index (χ4v) is 4.22. The minimum atomic E-state index is 0.124. The van der Waals surface area contributed by atoms with Crippen LogP contribution < -0.4 is 0 Å². The van der Waals surface area contributed by atoms with E-state index >= 15 is 0 Å². The molecule has 0 N–H and O–H groups in total. The summed E-state index contributed by atoms with van der Waals surface area (Å²) in [6.45, 7) is 7.56. The van der Waals surface area contributed by atoms with Crippen molar-refractivity contribution >= 4 is 5.71 Å². The van der Waals surface area contributed by atoms with Crippen LogP contribution in [0, 0.1) is 11.3 Å². The Kier molecular flexibility index (Phi) is 5.00. The molecule has 2 nitrogen and oxygen atoms in total. The van der Waals surface area contributed by atoms with Crippen LogP contribution >= 0.6 is 0 Å². The van der Waals surface area contributed by atoms with Crippen molar-refractivity contribution in [2.24, 2.45) is 16.3 Å². The Morgan fingerprint density at radius 3 is 2.87 bits per heavy atom. The van der Waals surface area contributed by atoms with Crippen LogP contribution in [0.15, 0.2) is 59.8 Å². The number of nitrogens with zero attached hydrogens (tertiary/aromatic N) is 1. The first kappa shape index (κ1) is 16.0. The molecular formula is C21H27NO. The standard InChI is InChI=1S/C21H27NO/c1-3-13-21-14-9-8-12-18(21)19(23-4-2)15-20(21)22-16-17-10-6-5-7-11-17/h3,5-7,10-11,15,18H,1,4,8-9,12-14,16H2,2H3/t18-,21-/m1/s1. The predicted octanol–water partition coefficient (Wildman–Crippen LogP) is 5.31. The molecule has 23 heavy (non-hydrogen) atoms. The lowest BCUT2D eigenvalue weighted by atomic mass is 9.64. The van der Waals surface area contributed by atoms with Crippen LogP contribution in [0.3, 0.4) is 0 Å². The highest BCUT2D eigenvalue weighted by molar-refractivity contribution is 6.03. The molecule has 1 aromatic rings. The maximum atomic E-state index is 5.97. The van der Waals surface area contributed by atoms with Gasteiger partial charge in [0, 0.05) is 17.0 Å². The molecule has 0 heterocycles. The monoisotopic (exact) mass is 309 g/mol. The molecule has 0 amide bonds. The molecule has 0 radical (unpaired) electrons. The summed E-state index contributed by atoms with van der Waals surface area (Å²) in [5.41, 5.74) is 2.62. The molecule has 1 fully saturated rings. The first-order valence-corrected chi connectivity index (χ1v) is 8.84. The van der Waals surface area contributed by atoms with Gasteiger partial charge in [0.05, 0.1) is 13.2 Å². The smallest absolute Gasteiger partial charge is 0.102 e. The lowest BCUT2D eigenvalue weighted by Crippen LogP contribution is -2.37. The van der Waals surface area contributed by atoms with Gasteiger partial charge in [-0.25, -0.2) is 0 Å². The Bertz CT molecular complexity index is 602. The Balaban J connectivity index is 1.92. The van der Waals surface area contributed by atoms with E-state index < -0.39 is 0 Å². The summed E-state index contributed by atoms with van der Waals surface area (Å²) in [6, 6.07) is 10.5. The Morgan fingerprint density at radius 1 is 1.30 bits per heavy atom. The quantitative estimate of drug-likeness (QED) is 0.652. The van der Waals surface area contributed by atoms with Gasteiger partial charge in [-0.15, -0.1) is 6.58 Å². The molecular weight excluding hydrogens is 282 g/mol. The van der Waals surface area contributed by atoms with E-state index in [4.69, 9.17) is 9.73 Å². The van der Waals surface area contributed by atoms with Crippen LogP contribution in [0.25, 0.3) is 0 Å². The summed E-state index contributed by atoms with van der Waals surface area (Å²) in [6.07, 6.45) is 10.3. The van der Waals surface area contributed by atoms with Crippen molar-refractivity contribution in [1.29, 1.82) is 0 Å². The van der Waals surface area contributed by atoms with E-state index in [9.17, 15) is 0 Å². The number of allylic oxidation sites excluding steroid dienone is 3. The second-order valence-electron chi connectivity index (χ2n) is 6.61. The van der Waals surface area contributed by atoms with E-state index in [1.165, 1.54) is 37.0 Å². The van der Waals surface area contributed by atoms with Crippen LogP contribution in [0.5, 0.6) is 0 Å². The van der Waals surface area contributed by atoms with Crippen molar-refractivity contribution in [3.8, 4) is 0 Å². The normalized spacial score (nSPS) is 28.3. The van der Waals surface area contributed by atoms with Gasteiger partial charge in [-0.05, 0) is 37.8 Å². The maximum absolute atomic E-state index is 5.97. The summed E-state index contributed by atoms with van der Waals surface area (Å²) in [7, 11) is 0. The summed E-state index contributed by atoms with van der Waals surface area (Å²) in [4.78, 5) is 5.01. The molecule has 3 rings (SSSR count). The second kappa shape index (κ2) is 7.16. The predicted molar refractivity (Wildman–Crippen MR) is 96.5 cm³/mol. The van der Waals surface area contributed by atoms with E-state index in [0.29, 0.717) is 5.92 Å². The molecule has 0 aliphatic heterocycles. The molecule has 1 saturated carbocycles. The third-order valence-corrected chi connectivity index (χ3v) is 5.26. The largest absolute Gasteiger partial charge is 0.498 e. The van der Waals surface area contributed by atoms with E-state index in [-0.39, 0.29) is 5.41 Å². The van der Waals surface area contributed by atoms with Crippen molar-refractivity contribution in [2.45, 2.75) is 45.6 Å². The SMILES string of the molecule is C=CC[C@@]12CCCC[C@@H]1C(OCC)=CC2=NCc1ccccc1. The summed E-state index contributed by atoms with van der Waals surface area (Å²) < 4.78 is 5.97. The van der Waals surface area contributed by atoms with E-state index in [0.717, 1.165) is 25.3 Å². The zero-order valence-electron chi connectivity index (χ0n) is 14.1. The number of fused-ring (bicyclic) bond motifs is 1. The van der Waals surface area contributed by atoms with E-state index in [2.05, 4.69) is 56.0 Å². The number of hydrogen-bond acceptors (Lipinski definition) is 2. The first-order chi connectivity index (χ1) is 11.3. The first-order valence-electron chi connectivity index (χ1n) is 8.84. The molecule has 2 aliphatic carbocycles. The van der Waals surface area contributed by atoms with E-state index in [1.807, 2.05) is 0 Å². The molecule has 0 aromatic heterocycles. The van der Waals surface area contributed by atoms with E-state index in [1.54, 1.807) is 0 Å². The third-order valence-electron chi connectivity index (χ3n) is 5.26. The lowest BCUT2D eigenvalue weighted by Gasteiger charge is -2.40. The summed E-state index contributed by atoms with van der Waals surface area (Å²) in [5.74, 6) is 1.64. The molecule has 122 valence electrons. The van der Waals surface area contributed by atoms with Crippen LogP contribution in [0.2, 0.25) is 0 Å². The zero-order valence-corrected chi connectivity index (χ0v) is 14.1. The molecule has 2 heteroatoms. The Labute approximate surface area is 140 Å². The highest BCUT2D eigenvalue weighted by Gasteiger charge is 2.49. The van der Waals surface area contributed by atoms with Gasteiger partial charge in [0.15, 0.2) is 0 Å². The Hall–Kier alpha value is -1.83. The molecule has 0 saturated heterocycles. The molecule has 1 aromatic carbocycles. The Morgan fingerprint density at radius 2 is 2.13 bits per heavy atom. The van der Waals surface area contributed by atoms with Gasteiger partial charge in [0.1, 0.15) is 5.76 Å². The number of ether oxygens (including phenoxy) is 1. The van der Waals surface area contributed by atoms with Crippen molar-refractivity contribution < 1.29 is 4.74 Å². The second-order valence-corrected chi connectivity index (χ2v) is 6.61. The number of rotatable bonds is 6. The van der Waals surface area contributed by atoms with Gasteiger partial charge >= 0.3 is 0 Å². The minimum Gasteiger partial charge on any atom is -0.498 e. The highest BCUT2D eigenvalue weighted by atomic mass is 16.5. The molecule has 2 atom stereocenters. The fourth-order valence-electron chi connectivity index (χ4n) is 4.22. The maximum Gasteiger partial charge on any atom is 0.102 e. The molecule has 2 aliphatic rings. The zero-order chi connectivity index (χ0) is 16.1. The highest BCUT2D eigenvalue weighted by Crippen LogP contribution is 2.53. The number of aliphatic imine (C=N–C) groups is 1.